The maximum atomic E-state index is 13.2. The molecule has 0 fully saturated rings. The van der Waals surface area contributed by atoms with Crippen LogP contribution in [0.5, 0.6) is 0 Å². The van der Waals surface area contributed by atoms with Crippen LogP contribution in [0.3, 0.4) is 0 Å². The third-order valence-corrected chi connectivity index (χ3v) is 7.20. The lowest BCUT2D eigenvalue weighted by Crippen LogP contribution is -2.03. The van der Waals surface area contributed by atoms with Crippen LogP contribution in [-0.2, 0) is 7.05 Å². The zero-order valence-electron chi connectivity index (χ0n) is 19.7. The van der Waals surface area contributed by atoms with E-state index in [0.717, 1.165) is 28.2 Å². The van der Waals surface area contributed by atoms with Crippen LogP contribution in [0.4, 0.5) is 0 Å². The summed E-state index contributed by atoms with van der Waals surface area (Å²) < 4.78 is 3.94. The minimum atomic E-state index is -0.372. The number of ketones is 2. The largest absolute Gasteiger partial charge is 0.326 e. The third-order valence-electron chi connectivity index (χ3n) is 6.48. The monoisotopic (exact) mass is 523 g/mol. The molecule has 1 aliphatic rings. The van der Waals surface area contributed by atoms with Crippen LogP contribution < -0.4 is 0 Å². The van der Waals surface area contributed by atoms with E-state index >= 15 is 0 Å². The molecule has 0 saturated carbocycles. The smallest absolute Gasteiger partial charge is 0.197 e. The molecule has 5 nitrogen and oxygen atoms in total. The third kappa shape index (κ3) is 3.93. The molecule has 0 N–H and O–H groups in total. The summed E-state index contributed by atoms with van der Waals surface area (Å²) in [7, 11) is 1.94. The summed E-state index contributed by atoms with van der Waals surface area (Å²) in [6, 6.07) is 24.6. The number of aryl methyl sites for hydroxylation is 1. The Bertz CT molecular complexity index is 1740. The molecular formula is C30H19Cl2N3O2. The van der Waals surface area contributed by atoms with E-state index in [1.807, 2.05) is 95.1 Å². The molecule has 0 bridgehead atoms. The van der Waals surface area contributed by atoms with E-state index in [1.54, 1.807) is 6.08 Å². The molecule has 0 saturated heterocycles. The first-order chi connectivity index (χ1) is 17.9. The van der Waals surface area contributed by atoms with Gasteiger partial charge in [0.25, 0.3) is 0 Å². The van der Waals surface area contributed by atoms with Gasteiger partial charge in [-0.2, -0.15) is 0 Å². The van der Waals surface area contributed by atoms with Crippen molar-refractivity contribution in [1.82, 2.24) is 14.1 Å². The van der Waals surface area contributed by atoms with Crippen LogP contribution in [0.15, 0.2) is 84.4 Å². The highest BCUT2D eigenvalue weighted by molar-refractivity contribution is 6.46. The standard InChI is InChI=1S/C30H19Cl2N3O2/c1-34-26-15-20(14-23-28(36)21-16-24(31)25(32)17-22(21)29(23)37)35(19-10-6-3-7-11-19)30(26)33-27(34)13-12-18-8-4-2-5-9-18/h2-17H,1H3/b13-12+. The molecule has 1 aliphatic carbocycles. The number of hydrogen-bond acceptors (Lipinski definition) is 3. The van der Waals surface area contributed by atoms with Gasteiger partial charge in [-0.05, 0) is 48.0 Å². The lowest BCUT2D eigenvalue weighted by molar-refractivity contribution is 0.0990. The number of fused-ring (bicyclic) bond motifs is 2. The number of aromatic nitrogens is 3. The van der Waals surface area contributed by atoms with Gasteiger partial charge in [0.15, 0.2) is 17.2 Å². The summed E-state index contributed by atoms with van der Waals surface area (Å²) in [5.41, 5.74) is 4.78. The van der Waals surface area contributed by atoms with Crippen LogP contribution in [0, 0.1) is 0 Å². The Kier molecular flexibility index (Phi) is 5.67. The highest BCUT2D eigenvalue weighted by Gasteiger charge is 2.34. The van der Waals surface area contributed by atoms with Gasteiger partial charge in [0, 0.05) is 23.9 Å². The maximum Gasteiger partial charge on any atom is 0.197 e. The highest BCUT2D eigenvalue weighted by Crippen LogP contribution is 2.35. The molecule has 0 unspecified atom stereocenters. The summed E-state index contributed by atoms with van der Waals surface area (Å²) in [4.78, 5) is 31.3. The van der Waals surface area contributed by atoms with Gasteiger partial charge in [0.1, 0.15) is 5.82 Å². The van der Waals surface area contributed by atoms with Crippen molar-refractivity contribution in [3.8, 4) is 5.69 Å². The van der Waals surface area contributed by atoms with E-state index in [0.29, 0.717) is 5.69 Å². The summed E-state index contributed by atoms with van der Waals surface area (Å²) in [5.74, 6) is 0.0354. The fourth-order valence-electron chi connectivity index (χ4n) is 4.60. The van der Waals surface area contributed by atoms with Gasteiger partial charge >= 0.3 is 0 Å². The normalized spacial score (nSPS) is 13.2. The Hall–Kier alpha value is -4.19. The molecule has 6 rings (SSSR count). The zero-order chi connectivity index (χ0) is 25.7. The van der Waals surface area contributed by atoms with Crippen LogP contribution in [0.2, 0.25) is 10.0 Å². The number of carbonyl (C=O) groups is 2. The molecule has 0 atom stereocenters. The summed E-state index contributed by atoms with van der Waals surface area (Å²) in [6.07, 6.45) is 5.61. The van der Waals surface area contributed by atoms with Crippen molar-refractivity contribution in [2.45, 2.75) is 0 Å². The molecule has 2 heterocycles. The number of imidazole rings is 1. The van der Waals surface area contributed by atoms with Gasteiger partial charge in [-0.1, -0.05) is 77.8 Å². The van der Waals surface area contributed by atoms with Crippen LogP contribution in [-0.4, -0.2) is 25.7 Å². The fourth-order valence-corrected chi connectivity index (χ4v) is 4.93. The topological polar surface area (TPSA) is 56.9 Å². The van der Waals surface area contributed by atoms with Gasteiger partial charge in [0.2, 0.25) is 0 Å². The highest BCUT2D eigenvalue weighted by atomic mass is 35.5. The molecular weight excluding hydrogens is 505 g/mol. The van der Waals surface area contributed by atoms with E-state index in [-0.39, 0.29) is 38.3 Å². The quantitative estimate of drug-likeness (QED) is 0.183. The van der Waals surface area contributed by atoms with Crippen molar-refractivity contribution >= 4 is 64.2 Å². The first kappa shape index (κ1) is 23.2. The molecule has 3 aromatic carbocycles. The summed E-state index contributed by atoms with van der Waals surface area (Å²) in [6.45, 7) is 0. The molecule has 0 aliphatic heterocycles. The Morgan fingerprint density at radius 2 is 1.38 bits per heavy atom. The Morgan fingerprint density at radius 3 is 2.00 bits per heavy atom. The molecule has 180 valence electrons. The first-order valence-corrected chi connectivity index (χ1v) is 12.3. The van der Waals surface area contributed by atoms with Crippen molar-refractivity contribution < 1.29 is 9.59 Å². The molecule has 0 radical (unpaired) electrons. The number of nitrogens with zero attached hydrogens (tertiary/aromatic N) is 3. The number of rotatable bonds is 4. The van der Waals surface area contributed by atoms with E-state index in [1.165, 1.54) is 12.1 Å². The minimum absolute atomic E-state index is 0.0671. The number of para-hydroxylation sites is 1. The molecule has 0 spiro atoms. The van der Waals surface area contributed by atoms with Crippen molar-refractivity contribution in [3.63, 3.8) is 0 Å². The number of Topliss-reactive ketones (excluding diaryl/α,β-unsaturated/α-hetero) is 2. The second kappa shape index (κ2) is 9.04. The lowest BCUT2D eigenvalue weighted by atomic mass is 10.1. The minimum Gasteiger partial charge on any atom is -0.326 e. The van der Waals surface area contributed by atoms with E-state index in [2.05, 4.69) is 0 Å². The fraction of sp³-hybridized carbons (Fsp3) is 0.0333. The maximum absolute atomic E-state index is 13.2. The predicted molar refractivity (Wildman–Crippen MR) is 149 cm³/mol. The van der Waals surface area contributed by atoms with Gasteiger partial charge in [-0.15, -0.1) is 0 Å². The van der Waals surface area contributed by atoms with Crippen molar-refractivity contribution in [3.05, 3.63) is 123 Å². The first-order valence-electron chi connectivity index (χ1n) is 11.6. The van der Waals surface area contributed by atoms with Crippen LogP contribution >= 0.6 is 23.2 Å². The number of benzene rings is 3. The van der Waals surface area contributed by atoms with Gasteiger partial charge < -0.3 is 4.57 Å². The number of halogens is 2. The van der Waals surface area contributed by atoms with E-state index in [4.69, 9.17) is 28.2 Å². The zero-order valence-corrected chi connectivity index (χ0v) is 21.2. The van der Waals surface area contributed by atoms with Gasteiger partial charge in [-0.25, -0.2) is 4.98 Å². The Morgan fingerprint density at radius 1 is 0.784 bits per heavy atom. The summed E-state index contributed by atoms with van der Waals surface area (Å²) >= 11 is 12.2. The number of allylic oxidation sites excluding steroid dienone is 1. The Labute approximate surface area is 222 Å². The lowest BCUT2D eigenvalue weighted by Gasteiger charge is -2.07. The van der Waals surface area contributed by atoms with Crippen LogP contribution in [0.1, 0.15) is 37.8 Å². The van der Waals surface area contributed by atoms with E-state index < -0.39 is 0 Å². The molecule has 5 aromatic rings. The van der Waals surface area contributed by atoms with Gasteiger partial charge in [-0.3, -0.25) is 14.2 Å². The Balaban J connectivity index is 1.50. The predicted octanol–water partition coefficient (Wildman–Crippen LogP) is 7.30. The molecule has 2 aromatic heterocycles. The summed E-state index contributed by atoms with van der Waals surface area (Å²) in [5, 5.41) is 0.475. The van der Waals surface area contributed by atoms with Crippen molar-refractivity contribution in [2.24, 2.45) is 7.05 Å². The van der Waals surface area contributed by atoms with Crippen LogP contribution in [0.25, 0.3) is 35.1 Å². The second-order valence-corrected chi connectivity index (χ2v) is 9.56. The average molecular weight is 524 g/mol. The number of hydrogen-bond donors (Lipinski definition) is 0. The molecule has 0 amide bonds. The van der Waals surface area contributed by atoms with Gasteiger partial charge in [0.05, 0.1) is 26.8 Å². The number of carbonyl (C=O) groups excluding carboxylic acids is 2. The average Bonchev–Trinajstić information content (AvgIpc) is 3.49. The SMILES string of the molecule is Cn1c(/C=C/c2ccccc2)nc2c1cc(C=C1C(=O)c3cc(Cl)c(Cl)cc3C1=O)n2-c1ccccc1. The molecule has 37 heavy (non-hydrogen) atoms. The van der Waals surface area contributed by atoms with Crippen molar-refractivity contribution in [2.75, 3.05) is 0 Å². The molecule has 7 heteroatoms. The second-order valence-electron chi connectivity index (χ2n) is 8.75. The van der Waals surface area contributed by atoms with Crippen molar-refractivity contribution in [1.29, 1.82) is 0 Å². The van der Waals surface area contributed by atoms with E-state index in [9.17, 15) is 9.59 Å².